The molecule has 0 radical (unpaired) electrons. The molecule has 152 valence electrons. The molecular formula is C21H23FN4O3. The molecule has 1 atom stereocenters. The summed E-state index contributed by atoms with van der Waals surface area (Å²) in [4.78, 5) is 12.9. The molecule has 8 heteroatoms. The van der Waals surface area contributed by atoms with E-state index >= 15 is 0 Å². The predicted molar refractivity (Wildman–Crippen MR) is 108 cm³/mol. The maximum atomic E-state index is 14.5. The van der Waals surface area contributed by atoms with Gasteiger partial charge in [-0.2, -0.15) is 5.10 Å². The molecule has 0 saturated heterocycles. The number of carbonyl (C=O) groups excluding carboxylic acids is 1. The lowest BCUT2D eigenvalue weighted by Gasteiger charge is -2.19. The number of aromatic nitrogens is 2. The van der Waals surface area contributed by atoms with Gasteiger partial charge in [0.25, 0.3) is 0 Å². The number of nitrogens with one attached hydrogen (secondary N) is 3. The fraction of sp³-hybridized carbons (Fsp3) is 0.238. The molecule has 3 aromatic rings. The van der Waals surface area contributed by atoms with Crippen LogP contribution in [0, 0.1) is 5.82 Å². The minimum atomic E-state index is -0.656. The van der Waals surface area contributed by atoms with E-state index in [9.17, 15) is 9.18 Å². The van der Waals surface area contributed by atoms with Gasteiger partial charge in [0.05, 0.1) is 19.9 Å². The number of aromatic amines is 1. The van der Waals surface area contributed by atoms with Gasteiger partial charge in [-0.1, -0.05) is 12.1 Å². The third-order valence-electron chi connectivity index (χ3n) is 4.39. The van der Waals surface area contributed by atoms with Gasteiger partial charge < -0.3 is 14.8 Å². The van der Waals surface area contributed by atoms with Crippen molar-refractivity contribution in [1.82, 2.24) is 15.5 Å². The smallest absolute Gasteiger partial charge is 0.246 e. The van der Waals surface area contributed by atoms with Gasteiger partial charge in [0.1, 0.15) is 17.6 Å². The van der Waals surface area contributed by atoms with Crippen LogP contribution in [0.3, 0.4) is 0 Å². The van der Waals surface area contributed by atoms with Gasteiger partial charge in [-0.05, 0) is 35.9 Å². The molecule has 1 heterocycles. The van der Waals surface area contributed by atoms with Crippen molar-refractivity contribution in [2.75, 3.05) is 32.7 Å². The van der Waals surface area contributed by atoms with Crippen LogP contribution in [0.4, 0.5) is 10.1 Å². The summed E-state index contributed by atoms with van der Waals surface area (Å²) in [6.07, 6.45) is 3.14. The van der Waals surface area contributed by atoms with Gasteiger partial charge in [0, 0.05) is 36.7 Å². The van der Waals surface area contributed by atoms with E-state index in [0.717, 1.165) is 5.56 Å². The van der Waals surface area contributed by atoms with Crippen molar-refractivity contribution in [3.05, 3.63) is 66.2 Å². The Labute approximate surface area is 168 Å². The van der Waals surface area contributed by atoms with Crippen LogP contribution < -0.4 is 15.4 Å². The molecule has 0 spiro atoms. The zero-order valence-electron chi connectivity index (χ0n) is 16.2. The Balaban J connectivity index is 1.79. The normalized spacial score (nSPS) is 11.8. The van der Waals surface area contributed by atoms with Crippen molar-refractivity contribution in [2.45, 2.75) is 6.04 Å². The van der Waals surface area contributed by atoms with Crippen molar-refractivity contribution in [3.63, 3.8) is 0 Å². The molecule has 1 unspecified atom stereocenters. The highest BCUT2D eigenvalue weighted by Gasteiger charge is 2.21. The zero-order valence-corrected chi connectivity index (χ0v) is 16.2. The number of hydrogen-bond donors (Lipinski definition) is 3. The van der Waals surface area contributed by atoms with Crippen molar-refractivity contribution in [1.29, 1.82) is 0 Å². The maximum absolute atomic E-state index is 14.5. The molecule has 3 rings (SSSR count). The molecule has 3 N–H and O–H groups in total. The summed E-state index contributed by atoms with van der Waals surface area (Å²) in [5.41, 5.74) is 2.13. The number of rotatable bonds is 9. The summed E-state index contributed by atoms with van der Waals surface area (Å²) in [6, 6.07) is 11.1. The first-order valence-electron chi connectivity index (χ1n) is 9.08. The molecule has 1 aromatic heterocycles. The fourth-order valence-corrected chi connectivity index (χ4v) is 2.93. The number of carbonyl (C=O) groups is 1. The van der Waals surface area contributed by atoms with Gasteiger partial charge in [-0.25, -0.2) is 4.39 Å². The van der Waals surface area contributed by atoms with E-state index in [-0.39, 0.29) is 5.91 Å². The highest BCUT2D eigenvalue weighted by molar-refractivity contribution is 5.95. The number of anilines is 1. The van der Waals surface area contributed by atoms with E-state index in [4.69, 9.17) is 9.47 Å². The van der Waals surface area contributed by atoms with Gasteiger partial charge in [0.15, 0.2) is 0 Å². The Morgan fingerprint density at radius 1 is 1.24 bits per heavy atom. The van der Waals surface area contributed by atoms with Crippen LogP contribution in [0.25, 0.3) is 11.1 Å². The van der Waals surface area contributed by atoms with Crippen molar-refractivity contribution >= 4 is 11.6 Å². The maximum Gasteiger partial charge on any atom is 0.246 e. The largest absolute Gasteiger partial charge is 0.497 e. The predicted octanol–water partition coefficient (Wildman–Crippen LogP) is 3.14. The Morgan fingerprint density at radius 2 is 2.10 bits per heavy atom. The van der Waals surface area contributed by atoms with Crippen molar-refractivity contribution < 1.29 is 18.7 Å². The Hall–Kier alpha value is -3.23. The van der Waals surface area contributed by atoms with Crippen molar-refractivity contribution in [3.8, 4) is 16.9 Å². The lowest BCUT2D eigenvalue weighted by Crippen LogP contribution is -2.34. The lowest BCUT2D eigenvalue weighted by atomic mass is 10.0. The average Bonchev–Trinajstić information content (AvgIpc) is 3.26. The number of methoxy groups -OCH3 is 2. The summed E-state index contributed by atoms with van der Waals surface area (Å²) < 4.78 is 24.8. The summed E-state index contributed by atoms with van der Waals surface area (Å²) in [6.45, 7) is 0.918. The van der Waals surface area contributed by atoms with Crippen LogP contribution >= 0.6 is 0 Å². The fourth-order valence-electron chi connectivity index (χ4n) is 2.93. The first-order valence-corrected chi connectivity index (χ1v) is 9.08. The Morgan fingerprint density at radius 3 is 2.79 bits per heavy atom. The van der Waals surface area contributed by atoms with E-state index < -0.39 is 11.9 Å². The third kappa shape index (κ3) is 5.18. The number of benzene rings is 2. The highest BCUT2D eigenvalue weighted by atomic mass is 19.1. The molecule has 0 aliphatic rings. The van der Waals surface area contributed by atoms with Crippen LogP contribution in [-0.2, 0) is 9.53 Å². The number of H-pyrrole nitrogens is 1. The van der Waals surface area contributed by atoms with Crippen LogP contribution in [0.15, 0.2) is 54.9 Å². The van der Waals surface area contributed by atoms with Gasteiger partial charge in [0.2, 0.25) is 5.91 Å². The van der Waals surface area contributed by atoms with E-state index in [1.54, 1.807) is 44.7 Å². The number of nitrogens with zero attached hydrogens (tertiary/aromatic N) is 1. The van der Waals surface area contributed by atoms with Crippen molar-refractivity contribution in [2.24, 2.45) is 0 Å². The molecule has 0 aliphatic carbocycles. The molecule has 2 aromatic carbocycles. The second-order valence-electron chi connectivity index (χ2n) is 6.33. The summed E-state index contributed by atoms with van der Waals surface area (Å²) in [7, 11) is 3.16. The summed E-state index contributed by atoms with van der Waals surface area (Å²) >= 11 is 0. The van der Waals surface area contributed by atoms with Crippen LogP contribution in [0.5, 0.6) is 5.75 Å². The SMILES string of the molecule is COCCNC(C(=O)Nc1ccc(-c2cn[nH]c2)c(F)c1)c1cccc(OC)c1. The first-order chi connectivity index (χ1) is 14.1. The van der Waals surface area contributed by atoms with Gasteiger partial charge >= 0.3 is 0 Å². The standard InChI is InChI=1S/C21H23FN4O3/c1-28-9-8-23-20(14-4-3-5-17(10-14)29-2)21(27)26-16-6-7-18(19(22)11-16)15-12-24-25-13-15/h3-7,10-13,20,23H,8-9H2,1-2H3,(H,24,25)(H,26,27). The van der Waals surface area contributed by atoms with E-state index in [2.05, 4.69) is 20.8 Å². The molecule has 0 fully saturated rings. The van der Waals surface area contributed by atoms with E-state index in [1.807, 2.05) is 12.1 Å². The number of halogens is 1. The van der Waals surface area contributed by atoms with E-state index in [1.165, 1.54) is 12.3 Å². The number of hydrogen-bond acceptors (Lipinski definition) is 5. The average molecular weight is 398 g/mol. The minimum absolute atomic E-state index is 0.315. The van der Waals surface area contributed by atoms with E-state index in [0.29, 0.717) is 35.7 Å². The molecule has 29 heavy (non-hydrogen) atoms. The molecule has 0 aliphatic heterocycles. The molecule has 0 saturated carbocycles. The molecule has 1 amide bonds. The Kier molecular flexibility index (Phi) is 6.94. The summed E-state index contributed by atoms with van der Waals surface area (Å²) in [5.74, 6) is -0.122. The third-order valence-corrected chi connectivity index (χ3v) is 4.39. The molecule has 0 bridgehead atoms. The quantitative estimate of drug-likeness (QED) is 0.482. The molecular weight excluding hydrogens is 375 g/mol. The van der Waals surface area contributed by atoms with Gasteiger partial charge in [-0.3, -0.25) is 15.2 Å². The lowest BCUT2D eigenvalue weighted by molar-refractivity contribution is -0.118. The van der Waals surface area contributed by atoms with Crippen LogP contribution in [0.1, 0.15) is 11.6 Å². The molecule has 7 nitrogen and oxygen atoms in total. The minimum Gasteiger partial charge on any atom is -0.497 e. The first kappa shape index (κ1) is 20.5. The number of amides is 1. The topological polar surface area (TPSA) is 88.3 Å². The zero-order chi connectivity index (χ0) is 20.6. The summed E-state index contributed by atoms with van der Waals surface area (Å²) in [5, 5.41) is 12.4. The second-order valence-corrected chi connectivity index (χ2v) is 6.33. The second kappa shape index (κ2) is 9.81. The Bertz CT molecular complexity index is 947. The highest BCUT2D eigenvalue weighted by Crippen LogP contribution is 2.26. The van der Waals surface area contributed by atoms with Crippen LogP contribution in [-0.4, -0.2) is 43.5 Å². The van der Waals surface area contributed by atoms with Gasteiger partial charge in [-0.15, -0.1) is 0 Å². The monoisotopic (exact) mass is 398 g/mol. The number of ether oxygens (including phenoxy) is 2. The van der Waals surface area contributed by atoms with Crippen LogP contribution in [0.2, 0.25) is 0 Å².